The second-order valence-electron chi connectivity index (χ2n) is 8.97. The van der Waals surface area contributed by atoms with Gasteiger partial charge < -0.3 is 0 Å². The zero-order valence-corrected chi connectivity index (χ0v) is 24.0. The Hall–Kier alpha value is 0.750. The Bertz CT molecular complexity index is 431. The topological polar surface area (TPSA) is 0 Å². The molecule has 4 heteroatoms. The molecule has 0 bridgehead atoms. The first-order valence-electron chi connectivity index (χ1n) is 13.5. The molecule has 1 aromatic rings. The predicted octanol–water partition coefficient (Wildman–Crippen LogP) is 12.1. The quantitative estimate of drug-likeness (QED) is 0.0781. The van der Waals surface area contributed by atoms with E-state index in [1.54, 1.807) is 8.42 Å². The molecule has 0 N–H and O–H groups in total. The molecule has 0 radical (unpaired) electrons. The van der Waals surface area contributed by atoms with Crippen molar-refractivity contribution in [3.8, 4) is 0 Å². The van der Waals surface area contributed by atoms with E-state index in [1.165, 1.54) is 140 Å². The van der Waals surface area contributed by atoms with Crippen LogP contribution in [0.15, 0.2) is 13.1 Å². The highest BCUT2D eigenvalue weighted by molar-refractivity contribution is 8.04. The zero-order chi connectivity index (χ0) is 22.2. The number of thioether (sulfide) groups is 2. The van der Waals surface area contributed by atoms with Gasteiger partial charge in [-0.2, -0.15) is 0 Å². The summed E-state index contributed by atoms with van der Waals surface area (Å²) in [6.07, 6.45) is 28.7. The molecular weight excluding hydrogens is 453 g/mol. The molecule has 1 heterocycles. The largest absolute Gasteiger partial charge is 0.244 e. The molecule has 1 aromatic heterocycles. The maximum Gasteiger partial charge on any atom is 0.244 e. The zero-order valence-electron chi connectivity index (χ0n) is 20.8. The molecule has 0 aliphatic heterocycles. The van der Waals surface area contributed by atoms with Gasteiger partial charge in [0.25, 0.3) is 0 Å². The molecule has 0 unspecified atom stereocenters. The van der Waals surface area contributed by atoms with E-state index >= 15 is 0 Å². The molecule has 1 rings (SSSR count). The second-order valence-corrected chi connectivity index (χ2v) is 13.8. The Morgan fingerprint density at radius 2 is 0.935 bits per heavy atom. The fourth-order valence-corrected chi connectivity index (χ4v) is 9.33. The van der Waals surface area contributed by atoms with E-state index in [9.17, 15) is 0 Å². The number of rotatable bonds is 24. The molecule has 0 aliphatic rings. The van der Waals surface area contributed by atoms with Gasteiger partial charge in [0, 0.05) is 11.5 Å². The van der Waals surface area contributed by atoms with Gasteiger partial charge in [-0.25, -0.2) is 0 Å². The molecule has 0 saturated heterocycles. The monoisotopic (exact) mass is 503 g/mol. The molecule has 0 nitrogen and oxygen atoms in total. The molecule has 0 aromatic carbocycles. The molecule has 0 spiro atoms. The van der Waals surface area contributed by atoms with Crippen molar-refractivity contribution in [2.24, 2.45) is 0 Å². The van der Waals surface area contributed by atoms with Crippen molar-refractivity contribution in [2.45, 2.75) is 151 Å². The van der Waals surface area contributed by atoms with Crippen LogP contribution in [0, 0.1) is 0 Å². The smallest absolute Gasteiger partial charge is 0.0873 e. The number of hydrogen-bond donors (Lipinski definition) is 0. The standard InChI is InChI=1S/C27H51S4/c1-3-5-7-9-11-13-15-17-19-21-23-28-26-27(31-25-30-26)29-24-22-20-18-16-14-12-10-8-6-4-2/h25H,3-24H2,1-2H3/q+1. The highest BCUT2D eigenvalue weighted by atomic mass is 32.2. The Kier molecular flexibility index (Phi) is 23.0. The highest BCUT2D eigenvalue weighted by Crippen LogP contribution is 2.40. The van der Waals surface area contributed by atoms with Gasteiger partial charge in [-0.05, 0) is 12.8 Å². The molecule has 182 valence electrons. The predicted molar refractivity (Wildman–Crippen MR) is 152 cm³/mol. The number of unbranched alkanes of at least 4 members (excludes halogenated alkanes) is 18. The van der Waals surface area contributed by atoms with E-state index in [1.807, 2.05) is 22.7 Å². The summed E-state index contributed by atoms with van der Waals surface area (Å²) in [5, 5.41) is 0. The molecular formula is C27H51S4+. The summed E-state index contributed by atoms with van der Waals surface area (Å²) in [6, 6.07) is 0. The molecule has 0 amide bonds. The Labute approximate surface area is 212 Å². The second kappa shape index (κ2) is 23.9. The fraction of sp³-hybridized carbons (Fsp3) is 0.889. The minimum atomic E-state index is 1.32. The van der Waals surface area contributed by atoms with Gasteiger partial charge in [0.1, 0.15) is 0 Å². The summed E-state index contributed by atoms with van der Waals surface area (Å²) in [6.45, 7) is 4.60. The molecule has 0 fully saturated rings. The third kappa shape index (κ3) is 18.8. The van der Waals surface area contributed by atoms with Crippen molar-refractivity contribution in [3.63, 3.8) is 0 Å². The summed E-state index contributed by atoms with van der Waals surface area (Å²) >= 11 is 8.19. The average molecular weight is 504 g/mol. The van der Waals surface area contributed by atoms with Crippen molar-refractivity contribution in [2.75, 3.05) is 11.5 Å². The van der Waals surface area contributed by atoms with Crippen LogP contribution in [-0.2, 0) is 0 Å². The van der Waals surface area contributed by atoms with Crippen LogP contribution in [0.5, 0.6) is 0 Å². The third-order valence-corrected chi connectivity index (χ3v) is 11.3. The lowest BCUT2D eigenvalue weighted by Crippen LogP contribution is -1.85. The van der Waals surface area contributed by atoms with Crippen LogP contribution in [0.25, 0.3) is 0 Å². The first-order valence-corrected chi connectivity index (χ1v) is 17.3. The van der Waals surface area contributed by atoms with Gasteiger partial charge in [-0.3, -0.25) is 0 Å². The maximum absolute atomic E-state index is 2.34. The van der Waals surface area contributed by atoms with Gasteiger partial charge in [0.2, 0.25) is 13.1 Å². The van der Waals surface area contributed by atoms with E-state index in [4.69, 9.17) is 0 Å². The van der Waals surface area contributed by atoms with Gasteiger partial charge in [-0.1, -0.05) is 153 Å². The fourth-order valence-electron chi connectivity index (χ4n) is 3.90. The van der Waals surface area contributed by atoms with Crippen molar-refractivity contribution >= 4 is 46.2 Å². The lowest BCUT2D eigenvalue weighted by molar-refractivity contribution is 0.563. The van der Waals surface area contributed by atoms with Crippen molar-refractivity contribution in [1.82, 2.24) is 0 Å². The minimum Gasteiger partial charge on any atom is -0.0873 e. The Morgan fingerprint density at radius 3 is 1.39 bits per heavy atom. The van der Waals surface area contributed by atoms with Crippen LogP contribution < -0.4 is 0 Å². The van der Waals surface area contributed by atoms with Crippen LogP contribution in [0.1, 0.15) is 142 Å². The van der Waals surface area contributed by atoms with Crippen molar-refractivity contribution in [3.05, 3.63) is 4.69 Å². The summed E-state index contributed by atoms with van der Waals surface area (Å²) in [7, 11) is 0. The maximum atomic E-state index is 2.34. The van der Waals surface area contributed by atoms with Crippen molar-refractivity contribution in [1.29, 1.82) is 0 Å². The lowest BCUT2D eigenvalue weighted by Gasteiger charge is -2.02. The first-order chi connectivity index (χ1) is 15.4. The third-order valence-electron chi connectivity index (χ3n) is 5.94. The summed E-state index contributed by atoms with van der Waals surface area (Å²) in [4.78, 5) is 0. The molecule has 0 aliphatic carbocycles. The Morgan fingerprint density at radius 1 is 0.548 bits per heavy atom. The molecule has 0 saturated carbocycles. The van der Waals surface area contributed by atoms with Crippen LogP contribution in [0.4, 0.5) is 0 Å². The minimum absolute atomic E-state index is 1.32. The van der Waals surface area contributed by atoms with Gasteiger partial charge >= 0.3 is 0 Å². The Balaban J connectivity index is 1.91. The van der Waals surface area contributed by atoms with E-state index in [0.717, 1.165) is 0 Å². The first kappa shape index (κ1) is 29.8. The number of hydrogen-bond acceptors (Lipinski definition) is 3. The van der Waals surface area contributed by atoms with Crippen LogP contribution in [-0.4, -0.2) is 11.5 Å². The van der Waals surface area contributed by atoms with Crippen molar-refractivity contribution < 1.29 is 0 Å². The average Bonchev–Trinajstić information content (AvgIpc) is 3.23. The van der Waals surface area contributed by atoms with Crippen LogP contribution >= 0.6 is 46.2 Å². The lowest BCUT2D eigenvalue weighted by atomic mass is 10.1. The van der Waals surface area contributed by atoms with Gasteiger partial charge in [-0.15, -0.1) is 0 Å². The van der Waals surface area contributed by atoms with E-state index in [0.29, 0.717) is 0 Å². The van der Waals surface area contributed by atoms with Gasteiger partial charge in [0.05, 0.1) is 22.7 Å². The van der Waals surface area contributed by atoms with E-state index in [2.05, 4.69) is 42.1 Å². The van der Waals surface area contributed by atoms with E-state index < -0.39 is 0 Å². The summed E-state index contributed by atoms with van der Waals surface area (Å²) < 4.78 is 5.53. The van der Waals surface area contributed by atoms with Crippen LogP contribution in [0.2, 0.25) is 0 Å². The van der Waals surface area contributed by atoms with Gasteiger partial charge in [0.15, 0.2) is 0 Å². The molecule has 31 heavy (non-hydrogen) atoms. The van der Waals surface area contributed by atoms with E-state index in [-0.39, 0.29) is 0 Å². The molecule has 0 atom stereocenters. The SMILES string of the molecule is CCCCCCCCCCCCSc1sc[s+]c1SCCCCCCCCCCCC. The summed E-state index contributed by atoms with van der Waals surface area (Å²) in [5.74, 6) is 2.63. The highest BCUT2D eigenvalue weighted by Gasteiger charge is 2.16. The summed E-state index contributed by atoms with van der Waals surface area (Å²) in [5.41, 5.74) is 0. The normalized spacial score (nSPS) is 11.4. The van der Waals surface area contributed by atoms with Crippen LogP contribution in [0.3, 0.4) is 0 Å².